The van der Waals surface area contributed by atoms with Crippen molar-refractivity contribution in [1.82, 2.24) is 29.9 Å². The fourth-order valence-corrected chi connectivity index (χ4v) is 3.23. The van der Waals surface area contributed by atoms with Crippen LogP contribution in [0.4, 0.5) is 5.69 Å². The van der Waals surface area contributed by atoms with E-state index in [0.29, 0.717) is 32.8 Å². The lowest BCUT2D eigenvalue weighted by atomic mass is 10.2. The van der Waals surface area contributed by atoms with Gasteiger partial charge in [-0.15, -0.1) is 20.4 Å². The van der Waals surface area contributed by atoms with Gasteiger partial charge in [0.25, 0.3) is 11.6 Å². The second-order valence-corrected chi connectivity index (χ2v) is 7.25. The number of aromatic nitrogens is 6. The molecule has 31 heavy (non-hydrogen) atoms. The maximum atomic E-state index is 10.9. The van der Waals surface area contributed by atoms with Gasteiger partial charge in [-0.05, 0) is 42.8 Å². The molecule has 2 heterocycles. The van der Waals surface area contributed by atoms with E-state index < -0.39 is 4.92 Å². The minimum absolute atomic E-state index is 0.0173. The summed E-state index contributed by atoms with van der Waals surface area (Å²) in [6, 6.07) is 11.2. The lowest BCUT2D eigenvalue weighted by molar-refractivity contribution is -0.384. The van der Waals surface area contributed by atoms with Crippen LogP contribution < -0.4 is 0 Å². The number of hydrogen-bond acceptors (Lipinski definition) is 7. The number of nitro benzene ring substituents is 1. The van der Waals surface area contributed by atoms with Gasteiger partial charge in [-0.25, -0.2) is 9.55 Å². The Bertz CT molecular complexity index is 1300. The molecule has 4 rings (SSSR count). The molecular formula is C20H13Cl2N7O2. The molecule has 0 fully saturated rings. The van der Waals surface area contributed by atoms with Crippen molar-refractivity contribution in [2.24, 2.45) is 0 Å². The van der Waals surface area contributed by atoms with Gasteiger partial charge < -0.3 is 0 Å². The average Bonchev–Trinajstić information content (AvgIpc) is 3.24. The van der Waals surface area contributed by atoms with E-state index in [4.69, 9.17) is 23.2 Å². The molecule has 0 radical (unpaired) electrons. The Morgan fingerprint density at radius 1 is 1.03 bits per heavy atom. The SMILES string of the molecule is Cc1nnc(-n2cnnc2-c2ccc([N+](=O)[O-])cc2)nc1/C=C/c1ccc(Cl)cc1Cl. The van der Waals surface area contributed by atoms with Gasteiger partial charge in [0.1, 0.15) is 6.33 Å². The quantitative estimate of drug-likeness (QED) is 0.314. The molecule has 2 aromatic carbocycles. The number of benzene rings is 2. The number of non-ortho nitro benzene ring substituents is 1. The van der Waals surface area contributed by atoms with Crippen molar-refractivity contribution in [3.05, 3.63) is 85.9 Å². The van der Waals surface area contributed by atoms with Gasteiger partial charge in [-0.2, -0.15) is 0 Å². The molecular weight excluding hydrogens is 441 g/mol. The van der Waals surface area contributed by atoms with Gasteiger partial charge in [-0.3, -0.25) is 10.1 Å². The third kappa shape index (κ3) is 4.42. The van der Waals surface area contributed by atoms with Crippen molar-refractivity contribution in [3.63, 3.8) is 0 Å². The monoisotopic (exact) mass is 453 g/mol. The van der Waals surface area contributed by atoms with Gasteiger partial charge >= 0.3 is 0 Å². The second kappa shape index (κ2) is 8.58. The van der Waals surface area contributed by atoms with E-state index in [1.165, 1.54) is 18.5 Å². The van der Waals surface area contributed by atoms with Crippen LogP contribution in [0.3, 0.4) is 0 Å². The first-order chi connectivity index (χ1) is 14.9. The van der Waals surface area contributed by atoms with Crippen LogP contribution in [0.5, 0.6) is 0 Å². The molecule has 9 nitrogen and oxygen atoms in total. The lowest BCUT2D eigenvalue weighted by Crippen LogP contribution is -2.07. The molecule has 2 aromatic heterocycles. The van der Waals surface area contributed by atoms with E-state index in [1.807, 2.05) is 6.08 Å². The summed E-state index contributed by atoms with van der Waals surface area (Å²) >= 11 is 12.2. The van der Waals surface area contributed by atoms with Crippen LogP contribution in [0.2, 0.25) is 10.0 Å². The molecule has 0 aliphatic heterocycles. The van der Waals surface area contributed by atoms with Gasteiger partial charge in [-0.1, -0.05) is 35.3 Å². The molecule has 0 unspecified atom stereocenters. The maximum absolute atomic E-state index is 10.9. The van der Waals surface area contributed by atoms with E-state index in [-0.39, 0.29) is 11.6 Å². The number of hydrogen-bond donors (Lipinski definition) is 0. The highest BCUT2D eigenvalue weighted by molar-refractivity contribution is 6.35. The van der Waals surface area contributed by atoms with E-state index in [0.717, 1.165) is 5.56 Å². The molecule has 4 aromatic rings. The smallest absolute Gasteiger partial charge is 0.258 e. The molecule has 0 spiro atoms. The van der Waals surface area contributed by atoms with Crippen LogP contribution in [-0.4, -0.2) is 34.9 Å². The van der Waals surface area contributed by atoms with Gasteiger partial charge in [0.05, 0.1) is 16.3 Å². The summed E-state index contributed by atoms with van der Waals surface area (Å²) in [5.74, 6) is 0.682. The molecule has 0 amide bonds. The van der Waals surface area contributed by atoms with Gasteiger partial charge in [0, 0.05) is 27.7 Å². The fourth-order valence-electron chi connectivity index (χ4n) is 2.76. The van der Waals surface area contributed by atoms with Crippen molar-refractivity contribution in [1.29, 1.82) is 0 Å². The van der Waals surface area contributed by atoms with Crippen LogP contribution in [0.15, 0.2) is 48.8 Å². The van der Waals surface area contributed by atoms with Crippen LogP contribution in [0, 0.1) is 17.0 Å². The van der Waals surface area contributed by atoms with Gasteiger partial charge in [0.2, 0.25) is 0 Å². The first kappa shape index (κ1) is 20.6. The van der Waals surface area contributed by atoms with E-state index >= 15 is 0 Å². The minimum Gasteiger partial charge on any atom is -0.258 e. The topological polar surface area (TPSA) is 113 Å². The predicted molar refractivity (Wildman–Crippen MR) is 117 cm³/mol. The molecule has 0 N–H and O–H groups in total. The molecule has 0 bridgehead atoms. The zero-order valence-electron chi connectivity index (χ0n) is 16.0. The third-order valence-electron chi connectivity index (χ3n) is 4.36. The zero-order chi connectivity index (χ0) is 22.0. The van der Waals surface area contributed by atoms with Gasteiger partial charge in [0.15, 0.2) is 5.82 Å². The summed E-state index contributed by atoms with van der Waals surface area (Å²) in [5.41, 5.74) is 2.59. The standard InChI is InChI=1S/C20H13Cl2N7O2/c1-12-18(9-5-13-2-6-15(21)10-17(13)22)24-20(27-25-12)28-11-23-26-19(28)14-3-7-16(8-4-14)29(30)31/h2-11H,1H3/b9-5+. The first-order valence-corrected chi connectivity index (χ1v) is 9.67. The van der Waals surface area contributed by atoms with E-state index in [2.05, 4.69) is 25.4 Å². The first-order valence-electron chi connectivity index (χ1n) is 8.92. The highest BCUT2D eigenvalue weighted by atomic mass is 35.5. The molecule has 0 saturated heterocycles. The molecule has 11 heteroatoms. The Morgan fingerprint density at radius 2 is 1.81 bits per heavy atom. The minimum atomic E-state index is -0.465. The second-order valence-electron chi connectivity index (χ2n) is 6.41. The molecule has 0 aliphatic rings. The highest BCUT2D eigenvalue weighted by Gasteiger charge is 2.14. The molecule has 0 aliphatic carbocycles. The summed E-state index contributed by atoms with van der Waals surface area (Å²) in [5, 5.41) is 28.3. The highest BCUT2D eigenvalue weighted by Crippen LogP contribution is 2.24. The van der Waals surface area contributed by atoms with E-state index in [1.54, 1.807) is 47.9 Å². The maximum Gasteiger partial charge on any atom is 0.269 e. The average molecular weight is 454 g/mol. The lowest BCUT2D eigenvalue weighted by Gasteiger charge is -2.06. The summed E-state index contributed by atoms with van der Waals surface area (Å²) in [7, 11) is 0. The van der Waals surface area contributed by atoms with Crippen LogP contribution >= 0.6 is 23.2 Å². The molecule has 154 valence electrons. The summed E-state index contributed by atoms with van der Waals surface area (Å²) in [6.07, 6.45) is 5.04. The largest absolute Gasteiger partial charge is 0.269 e. The number of nitrogens with zero attached hydrogens (tertiary/aromatic N) is 7. The third-order valence-corrected chi connectivity index (χ3v) is 4.93. The summed E-state index contributed by atoms with van der Waals surface area (Å²) < 4.78 is 1.56. The normalized spacial score (nSPS) is 11.2. The van der Waals surface area contributed by atoms with Crippen LogP contribution in [-0.2, 0) is 0 Å². The number of aryl methyl sites for hydroxylation is 1. The summed E-state index contributed by atoms with van der Waals surface area (Å²) in [4.78, 5) is 15.0. The Labute approximate surface area is 186 Å². The Hall–Kier alpha value is -3.69. The van der Waals surface area contributed by atoms with Crippen molar-refractivity contribution in [2.75, 3.05) is 0 Å². The molecule has 0 saturated carbocycles. The fraction of sp³-hybridized carbons (Fsp3) is 0.0500. The Kier molecular flexibility index (Phi) is 5.70. The summed E-state index contributed by atoms with van der Waals surface area (Å²) in [6.45, 7) is 1.79. The van der Waals surface area contributed by atoms with Crippen molar-refractivity contribution in [3.8, 4) is 17.3 Å². The Balaban J connectivity index is 1.69. The van der Waals surface area contributed by atoms with Crippen molar-refractivity contribution in [2.45, 2.75) is 6.92 Å². The van der Waals surface area contributed by atoms with Crippen LogP contribution in [0.25, 0.3) is 29.5 Å². The van der Waals surface area contributed by atoms with Crippen LogP contribution in [0.1, 0.15) is 17.0 Å². The van der Waals surface area contributed by atoms with Crippen molar-refractivity contribution < 1.29 is 4.92 Å². The number of halogens is 2. The Morgan fingerprint density at radius 3 is 2.52 bits per heavy atom. The number of nitro groups is 1. The van der Waals surface area contributed by atoms with E-state index in [9.17, 15) is 10.1 Å². The zero-order valence-corrected chi connectivity index (χ0v) is 17.5. The number of rotatable bonds is 5. The molecule has 0 atom stereocenters. The predicted octanol–water partition coefficient (Wildman–Crippen LogP) is 4.81. The van der Waals surface area contributed by atoms with Crippen molar-refractivity contribution >= 4 is 41.0 Å².